The van der Waals surface area contributed by atoms with Crippen LogP contribution in [0, 0.1) is 11.3 Å². The summed E-state index contributed by atoms with van der Waals surface area (Å²) in [4.78, 5) is 1.90. The zero-order valence-corrected chi connectivity index (χ0v) is 11.6. The Bertz CT molecular complexity index is 596. The lowest BCUT2D eigenvalue weighted by Gasteiger charge is -2.14. The molecule has 1 aliphatic rings. The van der Waals surface area contributed by atoms with E-state index in [1.54, 1.807) is 4.90 Å². The van der Waals surface area contributed by atoms with E-state index in [0.717, 1.165) is 0 Å². The van der Waals surface area contributed by atoms with Crippen LogP contribution in [0.1, 0.15) is 5.56 Å². The molecular formula is C13H16N2O4S. The minimum Gasteiger partial charge on any atom is -0.389 e. The van der Waals surface area contributed by atoms with Crippen molar-refractivity contribution in [3.63, 3.8) is 0 Å². The number of aliphatic hydroxyl groups is 2. The molecule has 0 aliphatic carbocycles. The SMILES string of the molecule is N#Cc1ccc(S(=O)(=O)CCN2C[C@@H](O)[C@@H](O)C2)cc1. The summed E-state index contributed by atoms with van der Waals surface area (Å²) >= 11 is 0. The second kappa shape index (κ2) is 5.89. The molecule has 108 valence electrons. The normalized spacial score (nSPS) is 23.6. The van der Waals surface area contributed by atoms with E-state index in [9.17, 15) is 18.6 Å². The van der Waals surface area contributed by atoms with Crippen LogP contribution in [-0.4, -0.2) is 61.1 Å². The van der Waals surface area contributed by atoms with Crippen molar-refractivity contribution in [1.29, 1.82) is 5.26 Å². The fourth-order valence-electron chi connectivity index (χ4n) is 2.13. The van der Waals surface area contributed by atoms with Gasteiger partial charge in [-0.25, -0.2) is 8.42 Å². The highest BCUT2D eigenvalue weighted by Gasteiger charge is 2.30. The van der Waals surface area contributed by atoms with E-state index in [1.807, 2.05) is 6.07 Å². The van der Waals surface area contributed by atoms with Crippen LogP contribution in [-0.2, 0) is 9.84 Å². The summed E-state index contributed by atoms with van der Waals surface area (Å²) in [7, 11) is -3.42. The molecule has 2 N–H and O–H groups in total. The van der Waals surface area contributed by atoms with E-state index in [1.165, 1.54) is 24.3 Å². The third kappa shape index (κ3) is 3.35. The van der Waals surface area contributed by atoms with E-state index >= 15 is 0 Å². The molecule has 1 aliphatic heterocycles. The number of hydrogen-bond donors (Lipinski definition) is 2. The lowest BCUT2D eigenvalue weighted by molar-refractivity contribution is 0.0572. The molecular weight excluding hydrogens is 280 g/mol. The highest BCUT2D eigenvalue weighted by Crippen LogP contribution is 2.14. The number of sulfone groups is 1. The van der Waals surface area contributed by atoms with Gasteiger partial charge in [0.15, 0.2) is 9.84 Å². The smallest absolute Gasteiger partial charge is 0.179 e. The van der Waals surface area contributed by atoms with Crippen molar-refractivity contribution in [3.8, 4) is 6.07 Å². The first-order valence-corrected chi connectivity index (χ1v) is 7.89. The summed E-state index contributed by atoms with van der Waals surface area (Å²) < 4.78 is 24.2. The van der Waals surface area contributed by atoms with Gasteiger partial charge in [-0.1, -0.05) is 0 Å². The summed E-state index contributed by atoms with van der Waals surface area (Å²) in [6.07, 6.45) is -1.62. The van der Waals surface area contributed by atoms with Crippen LogP contribution < -0.4 is 0 Å². The van der Waals surface area contributed by atoms with E-state index in [0.29, 0.717) is 5.56 Å². The standard InChI is InChI=1S/C13H16N2O4S/c14-7-10-1-3-11(4-2-10)20(18,19)6-5-15-8-12(16)13(17)9-15/h1-4,12-13,16-17H,5-6,8-9H2/t12-,13+. The largest absolute Gasteiger partial charge is 0.389 e. The van der Waals surface area contributed by atoms with Gasteiger partial charge < -0.3 is 10.2 Å². The monoisotopic (exact) mass is 296 g/mol. The lowest BCUT2D eigenvalue weighted by atomic mass is 10.2. The average molecular weight is 296 g/mol. The summed E-state index contributed by atoms with van der Waals surface area (Å²) in [6, 6.07) is 7.71. The van der Waals surface area contributed by atoms with Crippen LogP contribution in [0.15, 0.2) is 29.2 Å². The summed E-state index contributed by atoms with van der Waals surface area (Å²) in [6.45, 7) is 0.824. The fraction of sp³-hybridized carbons (Fsp3) is 0.462. The summed E-state index contributed by atoms with van der Waals surface area (Å²) in [5.41, 5.74) is 0.412. The molecule has 1 aromatic carbocycles. The first kappa shape index (κ1) is 14.9. The van der Waals surface area contributed by atoms with Gasteiger partial charge in [-0.15, -0.1) is 0 Å². The number of rotatable bonds is 4. The number of aliphatic hydroxyl groups excluding tert-OH is 2. The molecule has 1 aromatic rings. The van der Waals surface area contributed by atoms with Crippen molar-refractivity contribution in [2.45, 2.75) is 17.1 Å². The van der Waals surface area contributed by atoms with Crippen LogP contribution in [0.2, 0.25) is 0 Å². The minimum atomic E-state index is -3.42. The van der Waals surface area contributed by atoms with Gasteiger partial charge in [0.1, 0.15) is 0 Å². The maximum absolute atomic E-state index is 12.1. The van der Waals surface area contributed by atoms with Crippen LogP contribution in [0.25, 0.3) is 0 Å². The van der Waals surface area contributed by atoms with Crippen LogP contribution in [0.5, 0.6) is 0 Å². The van der Waals surface area contributed by atoms with Crippen LogP contribution in [0.3, 0.4) is 0 Å². The van der Waals surface area contributed by atoms with Crippen molar-refractivity contribution in [1.82, 2.24) is 4.90 Å². The Morgan fingerprint density at radius 2 is 1.75 bits per heavy atom. The predicted octanol–water partition coefficient (Wildman–Crippen LogP) is -0.631. The highest BCUT2D eigenvalue weighted by molar-refractivity contribution is 7.91. The van der Waals surface area contributed by atoms with Crippen LogP contribution in [0.4, 0.5) is 0 Å². The highest BCUT2D eigenvalue weighted by atomic mass is 32.2. The van der Waals surface area contributed by atoms with Gasteiger partial charge >= 0.3 is 0 Å². The van der Waals surface area contributed by atoms with Gasteiger partial charge in [0.2, 0.25) is 0 Å². The zero-order chi connectivity index (χ0) is 14.8. The topological polar surface area (TPSA) is 102 Å². The zero-order valence-electron chi connectivity index (χ0n) is 10.8. The van der Waals surface area contributed by atoms with Crippen molar-refractivity contribution >= 4 is 9.84 Å². The number of nitrogens with zero attached hydrogens (tertiary/aromatic N) is 2. The number of hydrogen-bond acceptors (Lipinski definition) is 6. The quantitative estimate of drug-likeness (QED) is 0.767. The number of nitriles is 1. The predicted molar refractivity (Wildman–Crippen MR) is 71.7 cm³/mol. The van der Waals surface area contributed by atoms with Gasteiger partial charge in [-0.2, -0.15) is 5.26 Å². The molecule has 0 radical (unpaired) electrons. The molecule has 20 heavy (non-hydrogen) atoms. The van der Waals surface area contributed by atoms with Crippen molar-refractivity contribution in [2.24, 2.45) is 0 Å². The third-order valence-electron chi connectivity index (χ3n) is 3.35. The second-order valence-corrected chi connectivity index (χ2v) is 6.96. The van der Waals surface area contributed by atoms with Gasteiger partial charge in [0.05, 0.1) is 34.5 Å². The second-order valence-electron chi connectivity index (χ2n) is 4.85. The van der Waals surface area contributed by atoms with Crippen molar-refractivity contribution in [3.05, 3.63) is 29.8 Å². The van der Waals surface area contributed by atoms with Crippen LogP contribution >= 0.6 is 0 Å². The Morgan fingerprint density at radius 3 is 2.25 bits per heavy atom. The van der Waals surface area contributed by atoms with Gasteiger partial charge in [0, 0.05) is 19.6 Å². The van der Waals surface area contributed by atoms with E-state index in [4.69, 9.17) is 5.26 Å². The van der Waals surface area contributed by atoms with Crippen molar-refractivity contribution < 1.29 is 18.6 Å². The summed E-state index contributed by atoms with van der Waals surface area (Å²) in [5, 5.41) is 27.5. The Kier molecular flexibility index (Phi) is 4.40. The number of β-amino-alcohol motifs (C(OH)–C–C–N with tert-alkyl or cyclic N) is 2. The van der Waals surface area contributed by atoms with Gasteiger partial charge in [-0.05, 0) is 24.3 Å². The Balaban J connectivity index is 1.99. The first-order chi connectivity index (χ1) is 9.42. The lowest BCUT2D eigenvalue weighted by Crippen LogP contribution is -2.28. The van der Waals surface area contributed by atoms with Gasteiger partial charge in [0.25, 0.3) is 0 Å². The minimum absolute atomic E-state index is 0.0850. The van der Waals surface area contributed by atoms with E-state index < -0.39 is 22.0 Å². The Morgan fingerprint density at radius 1 is 1.20 bits per heavy atom. The average Bonchev–Trinajstić information content (AvgIpc) is 2.76. The number of benzene rings is 1. The number of likely N-dealkylation sites (tertiary alicyclic amines) is 1. The molecule has 7 heteroatoms. The third-order valence-corrected chi connectivity index (χ3v) is 5.06. The molecule has 0 saturated carbocycles. The molecule has 0 spiro atoms. The first-order valence-electron chi connectivity index (χ1n) is 6.24. The maximum Gasteiger partial charge on any atom is 0.179 e. The molecule has 1 fully saturated rings. The fourth-order valence-corrected chi connectivity index (χ4v) is 3.42. The molecule has 0 aromatic heterocycles. The molecule has 2 rings (SSSR count). The molecule has 0 bridgehead atoms. The van der Waals surface area contributed by atoms with E-state index in [2.05, 4.69) is 0 Å². The van der Waals surface area contributed by atoms with Gasteiger partial charge in [-0.3, -0.25) is 4.90 Å². The van der Waals surface area contributed by atoms with Crippen molar-refractivity contribution in [2.75, 3.05) is 25.4 Å². The Hall–Kier alpha value is -1.46. The van der Waals surface area contributed by atoms with E-state index in [-0.39, 0.29) is 30.3 Å². The molecule has 2 atom stereocenters. The molecule has 1 saturated heterocycles. The molecule has 6 nitrogen and oxygen atoms in total. The summed E-state index contributed by atoms with van der Waals surface area (Å²) in [5.74, 6) is -0.0850. The molecule has 0 amide bonds. The Labute approximate surface area is 117 Å². The molecule has 0 unspecified atom stereocenters. The molecule has 1 heterocycles. The maximum atomic E-state index is 12.1.